The van der Waals surface area contributed by atoms with Gasteiger partial charge in [-0.2, -0.15) is 5.10 Å². The van der Waals surface area contributed by atoms with Crippen LogP contribution in [0.25, 0.3) is 27.5 Å². The van der Waals surface area contributed by atoms with E-state index >= 15 is 0 Å². The Hall–Kier alpha value is -3.67. The summed E-state index contributed by atoms with van der Waals surface area (Å²) in [6, 6.07) is 17.6. The van der Waals surface area contributed by atoms with E-state index in [1.54, 1.807) is 6.20 Å². The number of nitrogens with one attached hydrogen (secondary N) is 1. The van der Waals surface area contributed by atoms with Crippen molar-refractivity contribution in [2.24, 2.45) is 10.9 Å². The van der Waals surface area contributed by atoms with Gasteiger partial charge in [-0.25, -0.2) is 0 Å². The second-order valence-corrected chi connectivity index (χ2v) is 5.53. The first-order chi connectivity index (χ1) is 12.3. The van der Waals surface area contributed by atoms with Gasteiger partial charge in [-0.3, -0.25) is 9.78 Å². The molecule has 2 aromatic carbocycles. The van der Waals surface area contributed by atoms with Crippen LogP contribution in [0.4, 0.5) is 0 Å². The molecule has 6 nitrogen and oxygen atoms in total. The van der Waals surface area contributed by atoms with Gasteiger partial charge in [0.25, 0.3) is 5.91 Å². The molecule has 0 saturated heterocycles. The minimum Gasteiger partial charge on any atom is -0.322 e. The molecule has 0 unspecified atom stereocenters. The number of aromatic nitrogens is 2. The van der Waals surface area contributed by atoms with Crippen molar-refractivity contribution in [1.82, 2.24) is 14.9 Å². The largest absolute Gasteiger partial charge is 0.322 e. The number of para-hydroxylation sites is 2. The highest BCUT2D eigenvalue weighted by atomic mass is 16.1. The van der Waals surface area contributed by atoms with Gasteiger partial charge in [-0.05, 0) is 18.2 Å². The molecule has 0 atom stereocenters. The third-order valence-electron chi connectivity index (χ3n) is 4.11. The summed E-state index contributed by atoms with van der Waals surface area (Å²) in [6.07, 6.45) is 4.77. The minimum atomic E-state index is -0.262. The van der Waals surface area contributed by atoms with E-state index in [1.807, 2.05) is 65.4 Å². The van der Waals surface area contributed by atoms with Crippen LogP contribution in [-0.2, 0) is 0 Å². The van der Waals surface area contributed by atoms with Crippen molar-refractivity contribution in [3.63, 3.8) is 0 Å². The molecule has 3 N–H and O–H groups in total. The molecule has 0 radical (unpaired) electrons. The average molecular weight is 329 g/mol. The highest BCUT2D eigenvalue weighted by molar-refractivity contribution is 6.10. The van der Waals surface area contributed by atoms with Gasteiger partial charge in [0.2, 0.25) is 0 Å². The standard InChI is InChI=1S/C19H15N5O/c20-23-12-22-19(25)15-11-24(17-8-4-2-5-13(15)17)18-9-10-21-16-7-3-1-6-14(16)18/h1-12H,20H2,(H,22,23,25). The van der Waals surface area contributed by atoms with E-state index in [-0.39, 0.29) is 5.91 Å². The number of fused-ring (bicyclic) bond motifs is 2. The topological polar surface area (TPSA) is 85.3 Å². The Kier molecular flexibility index (Phi) is 3.63. The van der Waals surface area contributed by atoms with Gasteiger partial charge < -0.3 is 15.7 Å². The number of amides is 1. The van der Waals surface area contributed by atoms with Crippen LogP contribution in [0.3, 0.4) is 0 Å². The predicted octanol–water partition coefficient (Wildman–Crippen LogP) is 2.81. The SMILES string of the molecule is N/N=C/NC(=O)c1cn(-c2ccnc3ccccc23)c2ccccc12. The molecular formula is C19H15N5O. The maximum Gasteiger partial charge on any atom is 0.258 e. The quantitative estimate of drug-likeness (QED) is 0.262. The lowest BCUT2D eigenvalue weighted by Gasteiger charge is -2.08. The highest BCUT2D eigenvalue weighted by Gasteiger charge is 2.16. The molecule has 4 rings (SSSR count). The van der Waals surface area contributed by atoms with Crippen LogP contribution >= 0.6 is 0 Å². The molecule has 25 heavy (non-hydrogen) atoms. The Balaban J connectivity index is 1.98. The molecule has 0 aliphatic carbocycles. The van der Waals surface area contributed by atoms with Crippen molar-refractivity contribution in [2.75, 3.05) is 0 Å². The highest BCUT2D eigenvalue weighted by Crippen LogP contribution is 2.28. The zero-order valence-corrected chi connectivity index (χ0v) is 13.3. The maximum absolute atomic E-state index is 12.4. The molecule has 0 aliphatic heterocycles. The number of pyridine rings is 1. The van der Waals surface area contributed by atoms with Gasteiger partial charge in [-0.1, -0.05) is 36.4 Å². The first kappa shape index (κ1) is 14.9. The van der Waals surface area contributed by atoms with Crippen LogP contribution in [0.2, 0.25) is 0 Å². The smallest absolute Gasteiger partial charge is 0.258 e. The molecule has 0 fully saturated rings. The van der Waals surface area contributed by atoms with Crippen molar-refractivity contribution >= 4 is 34.1 Å². The molecule has 2 heterocycles. The second-order valence-electron chi connectivity index (χ2n) is 5.53. The van der Waals surface area contributed by atoms with Crippen LogP contribution in [0, 0.1) is 0 Å². The van der Waals surface area contributed by atoms with Gasteiger partial charge in [0.15, 0.2) is 0 Å². The summed E-state index contributed by atoms with van der Waals surface area (Å²) in [7, 11) is 0. The summed E-state index contributed by atoms with van der Waals surface area (Å²) in [5.74, 6) is 4.81. The number of hydrogen-bond acceptors (Lipinski definition) is 4. The van der Waals surface area contributed by atoms with E-state index in [1.165, 1.54) is 6.34 Å². The number of hydrogen-bond donors (Lipinski definition) is 2. The van der Waals surface area contributed by atoms with Gasteiger partial charge in [-0.15, -0.1) is 0 Å². The summed E-state index contributed by atoms with van der Waals surface area (Å²) in [4.78, 5) is 16.8. The van der Waals surface area contributed by atoms with Crippen molar-refractivity contribution in [3.05, 3.63) is 72.6 Å². The fourth-order valence-corrected chi connectivity index (χ4v) is 3.02. The van der Waals surface area contributed by atoms with Crippen molar-refractivity contribution in [2.45, 2.75) is 0 Å². The summed E-state index contributed by atoms with van der Waals surface area (Å²) >= 11 is 0. The van der Waals surface area contributed by atoms with Crippen LogP contribution < -0.4 is 11.2 Å². The van der Waals surface area contributed by atoms with E-state index in [0.717, 1.165) is 27.5 Å². The van der Waals surface area contributed by atoms with Crippen LogP contribution in [0.15, 0.2) is 72.1 Å². The van der Waals surface area contributed by atoms with Gasteiger partial charge in [0, 0.05) is 23.2 Å². The number of carbonyl (C=O) groups excluding carboxylic acids is 1. The van der Waals surface area contributed by atoms with Crippen LogP contribution in [-0.4, -0.2) is 21.8 Å². The lowest BCUT2D eigenvalue weighted by atomic mass is 10.1. The fourth-order valence-electron chi connectivity index (χ4n) is 3.02. The monoisotopic (exact) mass is 329 g/mol. The molecule has 6 heteroatoms. The molecule has 0 aliphatic rings. The maximum atomic E-state index is 12.4. The Morgan fingerprint density at radius 1 is 1.08 bits per heavy atom. The summed E-state index contributed by atoms with van der Waals surface area (Å²) < 4.78 is 2.01. The summed E-state index contributed by atoms with van der Waals surface area (Å²) in [6.45, 7) is 0. The molecule has 1 amide bonds. The van der Waals surface area contributed by atoms with Crippen molar-refractivity contribution < 1.29 is 4.79 Å². The average Bonchev–Trinajstić information content (AvgIpc) is 3.05. The van der Waals surface area contributed by atoms with Crippen LogP contribution in [0.1, 0.15) is 10.4 Å². The molecule has 2 aromatic heterocycles. The first-order valence-electron chi connectivity index (χ1n) is 7.76. The molecule has 122 valence electrons. The Morgan fingerprint density at radius 2 is 1.84 bits per heavy atom. The Labute approximate surface area is 143 Å². The van der Waals surface area contributed by atoms with E-state index in [2.05, 4.69) is 15.4 Å². The summed E-state index contributed by atoms with van der Waals surface area (Å²) in [5, 5.41) is 7.74. The molecule has 0 saturated carbocycles. The molecular weight excluding hydrogens is 314 g/mol. The Morgan fingerprint density at radius 3 is 2.68 bits per heavy atom. The van der Waals surface area contributed by atoms with E-state index in [0.29, 0.717) is 5.56 Å². The minimum absolute atomic E-state index is 0.262. The lowest BCUT2D eigenvalue weighted by Crippen LogP contribution is -2.21. The number of nitrogens with two attached hydrogens (primary N) is 1. The second kappa shape index (κ2) is 6.09. The van der Waals surface area contributed by atoms with Crippen molar-refractivity contribution in [3.8, 4) is 5.69 Å². The molecule has 0 spiro atoms. The first-order valence-corrected chi connectivity index (χ1v) is 7.76. The number of nitrogens with zero attached hydrogens (tertiary/aromatic N) is 3. The van der Waals surface area contributed by atoms with E-state index in [4.69, 9.17) is 5.84 Å². The zero-order chi connectivity index (χ0) is 17.2. The predicted molar refractivity (Wildman–Crippen MR) is 98.7 cm³/mol. The van der Waals surface area contributed by atoms with Crippen LogP contribution in [0.5, 0.6) is 0 Å². The summed E-state index contributed by atoms with van der Waals surface area (Å²) in [5.41, 5.74) is 3.36. The van der Waals surface area contributed by atoms with Gasteiger partial charge in [0.05, 0.1) is 22.3 Å². The Bertz CT molecular complexity index is 1110. The number of benzene rings is 2. The number of carbonyl (C=O) groups is 1. The third kappa shape index (κ3) is 2.49. The molecule has 4 aromatic rings. The van der Waals surface area contributed by atoms with Gasteiger partial charge in [0.1, 0.15) is 6.34 Å². The normalized spacial score (nSPS) is 11.4. The lowest BCUT2D eigenvalue weighted by molar-refractivity contribution is 0.0980. The van der Waals surface area contributed by atoms with E-state index in [9.17, 15) is 4.79 Å². The van der Waals surface area contributed by atoms with Gasteiger partial charge >= 0.3 is 0 Å². The zero-order valence-electron chi connectivity index (χ0n) is 13.3. The number of rotatable bonds is 3. The van der Waals surface area contributed by atoms with Crippen molar-refractivity contribution in [1.29, 1.82) is 0 Å². The fraction of sp³-hybridized carbons (Fsp3) is 0. The third-order valence-corrected chi connectivity index (χ3v) is 4.11. The molecule has 0 bridgehead atoms. The number of hydrazone groups is 1. The van der Waals surface area contributed by atoms with E-state index < -0.39 is 0 Å².